The lowest BCUT2D eigenvalue weighted by molar-refractivity contribution is 1.25. The van der Waals surface area contributed by atoms with Gasteiger partial charge in [-0.15, -0.1) is 0 Å². The van der Waals surface area contributed by atoms with E-state index in [1.54, 1.807) is 0 Å². The molecule has 0 saturated carbocycles. The molecular weight excluding hydrogens is 146 g/mol. The topological polar surface area (TPSA) is 15.8 Å². The maximum absolute atomic E-state index is 3.37. The van der Waals surface area contributed by atoms with Gasteiger partial charge < -0.3 is 4.98 Å². The average molecular weight is 159 g/mol. The van der Waals surface area contributed by atoms with E-state index in [1.165, 1.54) is 27.7 Å². The van der Waals surface area contributed by atoms with Crippen molar-refractivity contribution in [2.24, 2.45) is 0 Å². The van der Waals surface area contributed by atoms with Gasteiger partial charge in [0, 0.05) is 16.6 Å². The molecule has 0 aliphatic carbocycles. The van der Waals surface area contributed by atoms with Crippen LogP contribution < -0.4 is 0 Å². The van der Waals surface area contributed by atoms with Crippen molar-refractivity contribution in [3.63, 3.8) is 0 Å². The van der Waals surface area contributed by atoms with E-state index in [9.17, 15) is 0 Å². The van der Waals surface area contributed by atoms with Crippen molar-refractivity contribution in [1.29, 1.82) is 0 Å². The normalized spacial score (nSPS) is 10.9. The van der Waals surface area contributed by atoms with E-state index < -0.39 is 0 Å². The minimum atomic E-state index is 1.25. The molecule has 0 radical (unpaired) electrons. The molecule has 0 bridgehead atoms. The Morgan fingerprint density at radius 2 is 1.83 bits per heavy atom. The second kappa shape index (κ2) is 2.37. The van der Waals surface area contributed by atoms with Crippen LogP contribution in [-0.4, -0.2) is 4.98 Å². The first-order valence-electron chi connectivity index (χ1n) is 4.24. The van der Waals surface area contributed by atoms with Gasteiger partial charge >= 0.3 is 0 Å². The summed E-state index contributed by atoms with van der Waals surface area (Å²) >= 11 is 0. The van der Waals surface area contributed by atoms with Gasteiger partial charge in [0.05, 0.1) is 0 Å². The molecule has 62 valence electrons. The number of benzene rings is 1. The van der Waals surface area contributed by atoms with E-state index in [4.69, 9.17) is 0 Å². The van der Waals surface area contributed by atoms with Gasteiger partial charge in [-0.05, 0) is 38.0 Å². The van der Waals surface area contributed by atoms with Crippen molar-refractivity contribution in [3.8, 4) is 0 Å². The maximum Gasteiger partial charge on any atom is 0.0461 e. The number of fused-ring (bicyclic) bond motifs is 1. The standard InChI is InChI=1S/C11H13N/c1-7-4-5-10-8(2)9(3)12-11(10)6-7/h4-6,12H,1-3H3. The molecule has 0 fully saturated rings. The maximum atomic E-state index is 3.37. The summed E-state index contributed by atoms with van der Waals surface area (Å²) in [6.45, 7) is 6.39. The summed E-state index contributed by atoms with van der Waals surface area (Å²) in [6.07, 6.45) is 0. The van der Waals surface area contributed by atoms with Gasteiger partial charge in [-0.1, -0.05) is 12.1 Å². The van der Waals surface area contributed by atoms with Crippen LogP contribution in [0.25, 0.3) is 10.9 Å². The largest absolute Gasteiger partial charge is 0.358 e. The van der Waals surface area contributed by atoms with Crippen LogP contribution >= 0.6 is 0 Å². The van der Waals surface area contributed by atoms with Crippen molar-refractivity contribution in [1.82, 2.24) is 4.98 Å². The van der Waals surface area contributed by atoms with E-state index in [-0.39, 0.29) is 0 Å². The van der Waals surface area contributed by atoms with E-state index in [1.807, 2.05) is 0 Å². The first kappa shape index (κ1) is 7.41. The SMILES string of the molecule is Cc1ccc2c(C)c(C)[nH]c2c1. The van der Waals surface area contributed by atoms with Crippen molar-refractivity contribution in [2.75, 3.05) is 0 Å². The van der Waals surface area contributed by atoms with E-state index in [0.717, 1.165) is 0 Å². The molecule has 0 spiro atoms. The van der Waals surface area contributed by atoms with Crippen molar-refractivity contribution < 1.29 is 0 Å². The minimum Gasteiger partial charge on any atom is -0.358 e. The first-order chi connectivity index (χ1) is 5.68. The predicted molar refractivity (Wildman–Crippen MR) is 52.5 cm³/mol. The number of aromatic nitrogens is 1. The summed E-state index contributed by atoms with van der Waals surface area (Å²) in [7, 11) is 0. The van der Waals surface area contributed by atoms with Gasteiger partial charge in [-0.2, -0.15) is 0 Å². The first-order valence-corrected chi connectivity index (χ1v) is 4.24. The Balaban J connectivity index is 2.87. The zero-order valence-corrected chi connectivity index (χ0v) is 7.73. The smallest absolute Gasteiger partial charge is 0.0461 e. The molecule has 1 heteroatoms. The molecular formula is C11H13N. The predicted octanol–water partition coefficient (Wildman–Crippen LogP) is 3.09. The molecule has 0 aliphatic heterocycles. The third-order valence-electron chi connectivity index (χ3n) is 2.46. The molecule has 1 heterocycles. The Morgan fingerprint density at radius 3 is 2.58 bits per heavy atom. The Labute approximate surface area is 72.4 Å². The molecule has 0 amide bonds. The van der Waals surface area contributed by atoms with Crippen LogP contribution in [0.4, 0.5) is 0 Å². The van der Waals surface area contributed by atoms with Crippen LogP contribution in [0.15, 0.2) is 18.2 Å². The van der Waals surface area contributed by atoms with Crippen molar-refractivity contribution in [2.45, 2.75) is 20.8 Å². The van der Waals surface area contributed by atoms with E-state index >= 15 is 0 Å². The summed E-state index contributed by atoms with van der Waals surface area (Å²) in [5.74, 6) is 0. The quantitative estimate of drug-likeness (QED) is 0.608. The second-order valence-electron chi connectivity index (χ2n) is 3.42. The fourth-order valence-electron chi connectivity index (χ4n) is 1.59. The molecule has 0 aliphatic rings. The zero-order valence-electron chi connectivity index (χ0n) is 7.73. The number of nitrogens with one attached hydrogen (secondary N) is 1. The monoisotopic (exact) mass is 159 g/mol. The molecule has 1 N–H and O–H groups in total. The fourth-order valence-corrected chi connectivity index (χ4v) is 1.59. The third-order valence-corrected chi connectivity index (χ3v) is 2.46. The number of rotatable bonds is 0. The Hall–Kier alpha value is -1.24. The van der Waals surface area contributed by atoms with E-state index in [2.05, 4.69) is 44.0 Å². The van der Waals surface area contributed by atoms with Crippen molar-refractivity contribution in [3.05, 3.63) is 35.0 Å². The van der Waals surface area contributed by atoms with E-state index in [0.29, 0.717) is 0 Å². The summed E-state index contributed by atoms with van der Waals surface area (Å²) in [5, 5.41) is 1.35. The highest BCUT2D eigenvalue weighted by Crippen LogP contribution is 2.21. The third kappa shape index (κ3) is 0.934. The molecule has 2 aromatic rings. The van der Waals surface area contributed by atoms with Crippen LogP contribution in [0.5, 0.6) is 0 Å². The number of hydrogen-bond donors (Lipinski definition) is 1. The lowest BCUT2D eigenvalue weighted by atomic mass is 10.1. The highest BCUT2D eigenvalue weighted by Gasteiger charge is 2.02. The van der Waals surface area contributed by atoms with Gasteiger partial charge in [0.25, 0.3) is 0 Å². The van der Waals surface area contributed by atoms with Gasteiger partial charge in [0.2, 0.25) is 0 Å². The van der Waals surface area contributed by atoms with Crippen LogP contribution in [-0.2, 0) is 0 Å². The molecule has 12 heavy (non-hydrogen) atoms. The van der Waals surface area contributed by atoms with Crippen LogP contribution in [0.1, 0.15) is 16.8 Å². The number of aryl methyl sites for hydroxylation is 3. The van der Waals surface area contributed by atoms with Crippen LogP contribution in [0, 0.1) is 20.8 Å². The van der Waals surface area contributed by atoms with Gasteiger partial charge in [0.1, 0.15) is 0 Å². The minimum absolute atomic E-state index is 1.25. The number of hydrogen-bond acceptors (Lipinski definition) is 0. The lowest BCUT2D eigenvalue weighted by Gasteiger charge is -1.92. The molecule has 1 aromatic heterocycles. The molecule has 1 nitrogen and oxygen atoms in total. The zero-order chi connectivity index (χ0) is 8.72. The molecule has 0 saturated heterocycles. The highest BCUT2D eigenvalue weighted by molar-refractivity contribution is 5.84. The Kier molecular flexibility index (Phi) is 1.47. The van der Waals surface area contributed by atoms with Gasteiger partial charge in [-0.25, -0.2) is 0 Å². The average Bonchev–Trinajstić information content (AvgIpc) is 2.28. The number of aromatic amines is 1. The molecule has 2 rings (SSSR count). The van der Waals surface area contributed by atoms with Crippen LogP contribution in [0.3, 0.4) is 0 Å². The lowest BCUT2D eigenvalue weighted by Crippen LogP contribution is -1.72. The highest BCUT2D eigenvalue weighted by atomic mass is 14.7. The molecule has 0 unspecified atom stereocenters. The van der Waals surface area contributed by atoms with Gasteiger partial charge in [-0.3, -0.25) is 0 Å². The van der Waals surface area contributed by atoms with Crippen LogP contribution in [0.2, 0.25) is 0 Å². The molecule has 0 atom stereocenters. The summed E-state index contributed by atoms with van der Waals surface area (Å²) in [5.41, 5.74) is 5.20. The summed E-state index contributed by atoms with van der Waals surface area (Å²) < 4.78 is 0. The Bertz CT molecular complexity index is 424. The Morgan fingerprint density at radius 1 is 1.08 bits per heavy atom. The summed E-state index contributed by atoms with van der Waals surface area (Å²) in [4.78, 5) is 3.37. The molecule has 1 aromatic carbocycles. The fraction of sp³-hybridized carbons (Fsp3) is 0.273. The number of H-pyrrole nitrogens is 1. The van der Waals surface area contributed by atoms with Crippen molar-refractivity contribution >= 4 is 10.9 Å². The van der Waals surface area contributed by atoms with Gasteiger partial charge in [0.15, 0.2) is 0 Å². The summed E-state index contributed by atoms with van der Waals surface area (Å²) in [6, 6.07) is 6.53. The second-order valence-corrected chi connectivity index (χ2v) is 3.42.